The molecule has 1 aromatic heterocycles. The average molecular weight is 274 g/mol. The molecule has 1 amide bonds. The number of aryl methyl sites for hydroxylation is 1. The quantitative estimate of drug-likeness (QED) is 0.688. The molecular weight excluding hydrogens is 260 g/mol. The van der Waals surface area contributed by atoms with Gasteiger partial charge in [-0.2, -0.15) is 5.10 Å². The number of carbonyl (C=O) groups excluding carboxylic acids is 1. The zero-order chi connectivity index (χ0) is 13.7. The lowest BCUT2D eigenvalue weighted by atomic mass is 10.2. The van der Waals surface area contributed by atoms with E-state index in [1.807, 2.05) is 24.3 Å². The first-order valence-electron chi connectivity index (χ1n) is 5.77. The van der Waals surface area contributed by atoms with Gasteiger partial charge in [0.1, 0.15) is 5.76 Å². The molecule has 0 bridgehead atoms. The number of hydrazone groups is 1. The second-order valence-electron chi connectivity index (χ2n) is 4.00. The predicted molar refractivity (Wildman–Crippen MR) is 75.4 cm³/mol. The summed E-state index contributed by atoms with van der Waals surface area (Å²) in [6, 6.07) is 11.9. The van der Waals surface area contributed by atoms with Crippen LogP contribution in [0.4, 0.5) is 0 Å². The van der Waals surface area contributed by atoms with Crippen LogP contribution in [0.2, 0.25) is 0 Å². The summed E-state index contributed by atoms with van der Waals surface area (Å²) in [4.78, 5) is 11.8. The van der Waals surface area contributed by atoms with Gasteiger partial charge in [0.15, 0.2) is 5.09 Å². The fourth-order valence-corrected chi connectivity index (χ4v) is 2.15. The van der Waals surface area contributed by atoms with E-state index < -0.39 is 0 Å². The van der Waals surface area contributed by atoms with Crippen molar-refractivity contribution in [2.75, 3.05) is 0 Å². The van der Waals surface area contributed by atoms with Crippen molar-refractivity contribution < 1.29 is 9.21 Å². The van der Waals surface area contributed by atoms with E-state index in [-0.39, 0.29) is 5.91 Å². The lowest BCUT2D eigenvalue weighted by Gasteiger charge is -1.98. The standard InChI is InChI=1S/C14H14N2O2S/c1-10-3-6-13(7-4-10)19-14-8-5-12(18-14)9-15-16-11(2)17/h3-9H,1-2H3,(H,16,17). The van der Waals surface area contributed by atoms with E-state index in [0.29, 0.717) is 5.76 Å². The highest BCUT2D eigenvalue weighted by molar-refractivity contribution is 7.99. The summed E-state index contributed by atoms with van der Waals surface area (Å²) in [6.45, 7) is 3.45. The number of benzene rings is 1. The maximum atomic E-state index is 10.6. The Labute approximate surface area is 115 Å². The topological polar surface area (TPSA) is 54.6 Å². The van der Waals surface area contributed by atoms with E-state index in [1.54, 1.807) is 11.8 Å². The lowest BCUT2D eigenvalue weighted by Crippen LogP contribution is -2.12. The number of furan rings is 1. The number of nitrogens with zero attached hydrogens (tertiary/aromatic N) is 1. The summed E-state index contributed by atoms with van der Waals surface area (Å²) >= 11 is 1.54. The van der Waals surface area contributed by atoms with Crippen molar-refractivity contribution in [3.63, 3.8) is 0 Å². The van der Waals surface area contributed by atoms with E-state index in [9.17, 15) is 4.79 Å². The third kappa shape index (κ3) is 4.30. The van der Waals surface area contributed by atoms with Crippen LogP contribution in [0, 0.1) is 6.92 Å². The second-order valence-corrected chi connectivity index (χ2v) is 5.08. The van der Waals surface area contributed by atoms with Crippen LogP contribution in [-0.4, -0.2) is 12.1 Å². The number of nitrogens with one attached hydrogen (secondary N) is 1. The minimum atomic E-state index is -0.211. The maximum Gasteiger partial charge on any atom is 0.236 e. The molecule has 2 rings (SSSR count). The number of hydrogen-bond donors (Lipinski definition) is 1. The molecule has 0 spiro atoms. The van der Waals surface area contributed by atoms with E-state index in [4.69, 9.17) is 4.42 Å². The Morgan fingerprint density at radius 1 is 1.26 bits per heavy atom. The Hall–Kier alpha value is -2.01. The molecule has 0 aliphatic rings. The number of amides is 1. The first kappa shape index (κ1) is 13.4. The zero-order valence-electron chi connectivity index (χ0n) is 10.7. The fourth-order valence-electron chi connectivity index (χ4n) is 1.37. The molecule has 0 radical (unpaired) electrons. The van der Waals surface area contributed by atoms with E-state index >= 15 is 0 Å². The summed E-state index contributed by atoms with van der Waals surface area (Å²) < 4.78 is 5.56. The monoisotopic (exact) mass is 274 g/mol. The van der Waals surface area contributed by atoms with Gasteiger partial charge in [0.2, 0.25) is 5.91 Å². The number of carbonyl (C=O) groups is 1. The van der Waals surface area contributed by atoms with Gasteiger partial charge in [-0.1, -0.05) is 29.5 Å². The normalized spacial score (nSPS) is 10.8. The average Bonchev–Trinajstić information content (AvgIpc) is 2.79. The number of hydrogen-bond acceptors (Lipinski definition) is 4. The van der Waals surface area contributed by atoms with Gasteiger partial charge in [-0.15, -0.1) is 0 Å². The molecular formula is C14H14N2O2S. The predicted octanol–water partition coefficient (Wildman–Crippen LogP) is 3.21. The first-order chi connectivity index (χ1) is 9.13. The van der Waals surface area contributed by atoms with Crippen molar-refractivity contribution in [1.82, 2.24) is 5.43 Å². The van der Waals surface area contributed by atoms with Gasteiger partial charge in [-0.3, -0.25) is 4.79 Å². The molecule has 19 heavy (non-hydrogen) atoms. The van der Waals surface area contributed by atoms with Crippen molar-refractivity contribution in [1.29, 1.82) is 0 Å². The lowest BCUT2D eigenvalue weighted by molar-refractivity contribution is -0.118. The molecule has 0 saturated heterocycles. The number of rotatable bonds is 4. The van der Waals surface area contributed by atoms with E-state index in [2.05, 4.69) is 29.6 Å². The van der Waals surface area contributed by atoms with Crippen LogP contribution in [0.3, 0.4) is 0 Å². The highest BCUT2D eigenvalue weighted by atomic mass is 32.2. The SMILES string of the molecule is CC(=O)NN=Cc1ccc(Sc2ccc(C)cc2)o1. The maximum absolute atomic E-state index is 10.6. The summed E-state index contributed by atoms with van der Waals surface area (Å²) in [5.74, 6) is 0.389. The summed E-state index contributed by atoms with van der Waals surface area (Å²) in [7, 11) is 0. The second kappa shape index (κ2) is 6.24. The van der Waals surface area contributed by atoms with Crippen molar-refractivity contribution in [2.45, 2.75) is 23.8 Å². The van der Waals surface area contributed by atoms with Gasteiger partial charge in [-0.05, 0) is 31.2 Å². The van der Waals surface area contributed by atoms with Gasteiger partial charge in [-0.25, -0.2) is 5.43 Å². The Morgan fingerprint density at radius 2 is 2.00 bits per heavy atom. The summed E-state index contributed by atoms with van der Waals surface area (Å²) in [6.07, 6.45) is 1.47. The van der Waals surface area contributed by atoms with Gasteiger partial charge >= 0.3 is 0 Å². The van der Waals surface area contributed by atoms with Gasteiger partial charge in [0, 0.05) is 11.8 Å². The third-order valence-corrected chi connectivity index (χ3v) is 3.18. The first-order valence-corrected chi connectivity index (χ1v) is 6.59. The van der Waals surface area contributed by atoms with Crippen LogP contribution in [0.25, 0.3) is 0 Å². The Kier molecular flexibility index (Phi) is 4.41. The molecule has 0 unspecified atom stereocenters. The van der Waals surface area contributed by atoms with E-state index in [1.165, 1.54) is 18.7 Å². The molecule has 98 valence electrons. The minimum absolute atomic E-state index is 0.211. The van der Waals surface area contributed by atoms with Gasteiger partial charge < -0.3 is 4.42 Å². The van der Waals surface area contributed by atoms with Crippen molar-refractivity contribution in [2.24, 2.45) is 5.10 Å². The molecule has 0 aliphatic heterocycles. The van der Waals surface area contributed by atoms with Crippen LogP contribution < -0.4 is 5.43 Å². The van der Waals surface area contributed by atoms with Crippen LogP contribution in [0.5, 0.6) is 0 Å². The molecule has 4 nitrogen and oxygen atoms in total. The van der Waals surface area contributed by atoms with Crippen molar-refractivity contribution in [3.8, 4) is 0 Å². The molecule has 2 aromatic rings. The van der Waals surface area contributed by atoms with Crippen molar-refractivity contribution in [3.05, 3.63) is 47.7 Å². The Bertz CT molecular complexity index is 588. The molecule has 0 atom stereocenters. The van der Waals surface area contributed by atoms with Crippen LogP contribution in [0.15, 0.2) is 55.9 Å². The Balaban J connectivity index is 1.99. The molecule has 0 saturated carbocycles. The summed E-state index contributed by atoms with van der Waals surface area (Å²) in [5, 5.41) is 4.53. The molecule has 1 heterocycles. The summed E-state index contributed by atoms with van der Waals surface area (Å²) in [5.41, 5.74) is 3.55. The highest BCUT2D eigenvalue weighted by Gasteiger charge is 2.02. The highest BCUT2D eigenvalue weighted by Crippen LogP contribution is 2.28. The third-order valence-electron chi connectivity index (χ3n) is 2.26. The molecule has 0 aliphatic carbocycles. The molecule has 5 heteroatoms. The van der Waals surface area contributed by atoms with Crippen molar-refractivity contribution >= 4 is 23.9 Å². The molecule has 1 aromatic carbocycles. The van der Waals surface area contributed by atoms with Crippen LogP contribution >= 0.6 is 11.8 Å². The largest absolute Gasteiger partial charge is 0.448 e. The molecule has 0 fully saturated rings. The minimum Gasteiger partial charge on any atom is -0.448 e. The Morgan fingerprint density at radius 3 is 2.68 bits per heavy atom. The zero-order valence-corrected chi connectivity index (χ0v) is 11.5. The molecule has 1 N–H and O–H groups in total. The fraction of sp³-hybridized carbons (Fsp3) is 0.143. The van der Waals surface area contributed by atoms with Gasteiger partial charge in [0.05, 0.1) is 6.21 Å². The van der Waals surface area contributed by atoms with E-state index in [0.717, 1.165) is 9.99 Å². The van der Waals surface area contributed by atoms with Gasteiger partial charge in [0.25, 0.3) is 0 Å². The smallest absolute Gasteiger partial charge is 0.236 e. The van der Waals surface area contributed by atoms with Crippen LogP contribution in [-0.2, 0) is 4.79 Å². The van der Waals surface area contributed by atoms with Crippen LogP contribution in [0.1, 0.15) is 18.2 Å².